The highest BCUT2D eigenvalue weighted by Gasteiger charge is 2.44. The normalized spacial score (nSPS) is 39.4. The molecule has 0 saturated carbocycles. The van der Waals surface area contributed by atoms with Crippen LogP contribution in [0.5, 0.6) is 0 Å². The second kappa shape index (κ2) is 4.57. The van der Waals surface area contributed by atoms with E-state index in [1.165, 1.54) is 0 Å². The summed E-state index contributed by atoms with van der Waals surface area (Å²) in [6, 6.07) is 0.194. The molecule has 0 spiro atoms. The molecular formula is C10H24N2O2+2. The first-order valence-electron chi connectivity index (χ1n) is 5.49. The summed E-state index contributed by atoms with van der Waals surface area (Å²) in [4.78, 5) is 0. The van der Waals surface area contributed by atoms with Gasteiger partial charge in [-0.2, -0.15) is 0 Å². The summed E-state index contributed by atoms with van der Waals surface area (Å²) in [6.07, 6.45) is -0.795. The molecule has 0 amide bonds. The summed E-state index contributed by atoms with van der Waals surface area (Å²) in [5.41, 5.74) is 0. The van der Waals surface area contributed by atoms with Crippen LogP contribution in [0.25, 0.3) is 0 Å². The van der Waals surface area contributed by atoms with Gasteiger partial charge in [0.2, 0.25) is 12.5 Å². The van der Waals surface area contributed by atoms with E-state index in [9.17, 15) is 10.2 Å². The standard InChI is InChI=1S/C10H22N2O2/c1-5(2)7-9(13)12-8(6(3)4)10(14)11-7/h5-14H,1-4H3/p+2/t7-,8-,9-,10-/m0/s1. The first kappa shape index (κ1) is 11.9. The molecule has 1 saturated heterocycles. The van der Waals surface area contributed by atoms with Crippen LogP contribution in [0.1, 0.15) is 27.7 Å². The minimum absolute atomic E-state index is 0.0972. The topological polar surface area (TPSA) is 73.7 Å². The molecule has 4 atom stereocenters. The Bertz CT molecular complexity index is 165. The highest BCUT2D eigenvalue weighted by Crippen LogP contribution is 2.05. The van der Waals surface area contributed by atoms with Gasteiger partial charge in [-0.3, -0.25) is 0 Å². The van der Waals surface area contributed by atoms with E-state index >= 15 is 0 Å². The molecule has 1 aliphatic heterocycles. The third-order valence-electron chi connectivity index (χ3n) is 3.17. The van der Waals surface area contributed by atoms with Crippen molar-refractivity contribution in [2.45, 2.75) is 52.2 Å². The third kappa shape index (κ3) is 2.45. The Kier molecular flexibility index (Phi) is 3.89. The summed E-state index contributed by atoms with van der Waals surface area (Å²) in [5.74, 6) is 0.757. The maximum Gasteiger partial charge on any atom is 0.241 e. The molecule has 0 unspecified atom stereocenters. The Labute approximate surface area is 85.7 Å². The predicted octanol–water partition coefficient (Wildman–Crippen LogP) is -2.19. The van der Waals surface area contributed by atoms with E-state index in [2.05, 4.69) is 27.7 Å². The number of hydrogen-bond donors (Lipinski definition) is 4. The summed E-state index contributed by atoms with van der Waals surface area (Å²) >= 11 is 0. The fourth-order valence-electron chi connectivity index (χ4n) is 2.17. The van der Waals surface area contributed by atoms with Crippen LogP contribution in [0.15, 0.2) is 0 Å². The van der Waals surface area contributed by atoms with Gasteiger partial charge < -0.3 is 20.8 Å². The maximum atomic E-state index is 9.88. The van der Waals surface area contributed by atoms with Crippen molar-refractivity contribution in [3.05, 3.63) is 0 Å². The molecule has 0 bridgehead atoms. The molecule has 84 valence electrons. The Morgan fingerprint density at radius 1 is 0.786 bits per heavy atom. The van der Waals surface area contributed by atoms with Crippen LogP contribution < -0.4 is 10.6 Å². The number of aliphatic hydroxyl groups is 2. The molecule has 1 fully saturated rings. The van der Waals surface area contributed by atoms with Gasteiger partial charge in [0, 0.05) is 11.8 Å². The Balaban J connectivity index is 2.62. The lowest BCUT2D eigenvalue weighted by Gasteiger charge is -2.35. The van der Waals surface area contributed by atoms with Crippen LogP contribution in [0.2, 0.25) is 0 Å². The van der Waals surface area contributed by atoms with Gasteiger partial charge in [0.25, 0.3) is 0 Å². The van der Waals surface area contributed by atoms with Gasteiger partial charge in [-0.1, -0.05) is 27.7 Å². The molecule has 1 rings (SSSR count). The predicted molar refractivity (Wildman–Crippen MR) is 53.1 cm³/mol. The Morgan fingerprint density at radius 2 is 1.07 bits per heavy atom. The number of aliphatic hydroxyl groups excluding tert-OH is 2. The first-order chi connectivity index (χ1) is 6.43. The van der Waals surface area contributed by atoms with Crippen molar-refractivity contribution in [1.29, 1.82) is 0 Å². The molecule has 1 aliphatic rings. The van der Waals surface area contributed by atoms with E-state index in [-0.39, 0.29) is 12.1 Å². The number of piperazine rings is 1. The van der Waals surface area contributed by atoms with Gasteiger partial charge in [-0.15, -0.1) is 0 Å². The van der Waals surface area contributed by atoms with Gasteiger partial charge in [0.05, 0.1) is 0 Å². The average Bonchev–Trinajstić information content (AvgIpc) is 2.07. The largest absolute Gasteiger partial charge is 0.340 e. The lowest BCUT2D eigenvalue weighted by Crippen LogP contribution is -3.19. The second-order valence-corrected chi connectivity index (χ2v) is 5.01. The smallest absolute Gasteiger partial charge is 0.241 e. The van der Waals surface area contributed by atoms with Crippen molar-refractivity contribution in [1.82, 2.24) is 0 Å². The van der Waals surface area contributed by atoms with E-state index in [4.69, 9.17) is 0 Å². The van der Waals surface area contributed by atoms with E-state index in [0.717, 1.165) is 0 Å². The summed E-state index contributed by atoms with van der Waals surface area (Å²) in [6.45, 7) is 8.28. The van der Waals surface area contributed by atoms with Crippen molar-refractivity contribution >= 4 is 0 Å². The average molecular weight is 204 g/mol. The monoisotopic (exact) mass is 204 g/mol. The SMILES string of the molecule is CC(C)[C@@H]1[NH2+][C@@H](O)[C@H](C(C)C)[NH2+][C@H]1O. The molecular weight excluding hydrogens is 180 g/mol. The van der Waals surface area contributed by atoms with Crippen molar-refractivity contribution in [3.63, 3.8) is 0 Å². The van der Waals surface area contributed by atoms with Crippen molar-refractivity contribution in [2.24, 2.45) is 11.8 Å². The Hall–Kier alpha value is -0.160. The fourth-order valence-corrected chi connectivity index (χ4v) is 2.17. The number of rotatable bonds is 2. The van der Waals surface area contributed by atoms with E-state index in [0.29, 0.717) is 11.8 Å². The van der Waals surface area contributed by atoms with Crippen LogP contribution in [0.3, 0.4) is 0 Å². The van der Waals surface area contributed by atoms with Gasteiger partial charge in [0.15, 0.2) is 12.1 Å². The zero-order chi connectivity index (χ0) is 10.9. The van der Waals surface area contributed by atoms with E-state index in [1.807, 2.05) is 10.6 Å². The lowest BCUT2D eigenvalue weighted by molar-refractivity contribution is -0.917. The van der Waals surface area contributed by atoms with Crippen LogP contribution in [0.4, 0.5) is 0 Å². The molecule has 0 radical (unpaired) electrons. The van der Waals surface area contributed by atoms with E-state index < -0.39 is 12.5 Å². The molecule has 6 N–H and O–H groups in total. The first-order valence-corrected chi connectivity index (χ1v) is 5.49. The minimum atomic E-state index is -0.397. The van der Waals surface area contributed by atoms with Gasteiger partial charge in [-0.25, -0.2) is 0 Å². The van der Waals surface area contributed by atoms with Gasteiger partial charge in [-0.05, 0) is 0 Å². The summed E-state index contributed by atoms with van der Waals surface area (Å²) < 4.78 is 0. The van der Waals surface area contributed by atoms with Gasteiger partial charge >= 0.3 is 0 Å². The number of quaternary nitrogens is 2. The van der Waals surface area contributed by atoms with Crippen LogP contribution in [-0.2, 0) is 0 Å². The quantitative estimate of drug-likeness (QED) is 0.413. The fraction of sp³-hybridized carbons (Fsp3) is 1.00. The summed E-state index contributed by atoms with van der Waals surface area (Å²) in [7, 11) is 0. The van der Waals surface area contributed by atoms with Crippen molar-refractivity contribution < 1.29 is 20.8 Å². The summed E-state index contributed by atoms with van der Waals surface area (Å²) in [5, 5.41) is 23.6. The number of nitrogens with two attached hydrogens (primary N) is 2. The highest BCUT2D eigenvalue weighted by atomic mass is 16.3. The maximum absolute atomic E-state index is 9.88. The molecule has 1 heterocycles. The van der Waals surface area contributed by atoms with Crippen molar-refractivity contribution in [2.75, 3.05) is 0 Å². The zero-order valence-electron chi connectivity index (χ0n) is 9.51. The molecule has 0 aromatic carbocycles. The molecule has 14 heavy (non-hydrogen) atoms. The lowest BCUT2D eigenvalue weighted by atomic mass is 9.94. The van der Waals surface area contributed by atoms with Crippen molar-refractivity contribution in [3.8, 4) is 0 Å². The molecule has 4 heteroatoms. The van der Waals surface area contributed by atoms with E-state index in [1.54, 1.807) is 0 Å². The molecule has 0 aliphatic carbocycles. The third-order valence-corrected chi connectivity index (χ3v) is 3.17. The van der Waals surface area contributed by atoms with Gasteiger partial charge in [0.1, 0.15) is 0 Å². The van der Waals surface area contributed by atoms with Crippen LogP contribution in [0, 0.1) is 11.8 Å². The molecule has 0 aromatic rings. The van der Waals surface area contributed by atoms with Crippen LogP contribution >= 0.6 is 0 Å². The number of hydrogen-bond acceptors (Lipinski definition) is 2. The van der Waals surface area contributed by atoms with Crippen LogP contribution in [-0.4, -0.2) is 34.8 Å². The second-order valence-electron chi connectivity index (χ2n) is 5.01. The zero-order valence-corrected chi connectivity index (χ0v) is 9.51. The Morgan fingerprint density at radius 3 is 1.29 bits per heavy atom. The molecule has 0 aromatic heterocycles. The molecule has 4 nitrogen and oxygen atoms in total. The minimum Gasteiger partial charge on any atom is -0.340 e. The highest BCUT2D eigenvalue weighted by molar-refractivity contribution is 4.69.